The summed E-state index contributed by atoms with van der Waals surface area (Å²) in [4.78, 5) is 23.3. The Balaban J connectivity index is 1.98. The van der Waals surface area contributed by atoms with Crippen LogP contribution in [0.1, 0.15) is 30.7 Å². The molecule has 1 fully saturated rings. The van der Waals surface area contributed by atoms with E-state index in [1.54, 1.807) is 0 Å². The maximum atomic E-state index is 11.6. The summed E-state index contributed by atoms with van der Waals surface area (Å²) in [6, 6.07) is 15.8. The van der Waals surface area contributed by atoms with E-state index in [1.165, 1.54) is 0 Å². The highest BCUT2D eigenvalue weighted by Crippen LogP contribution is 2.34. The van der Waals surface area contributed by atoms with Gasteiger partial charge in [-0.05, 0) is 34.7 Å². The van der Waals surface area contributed by atoms with Crippen molar-refractivity contribution < 1.29 is 9.59 Å². The molecule has 0 aliphatic heterocycles. The van der Waals surface area contributed by atoms with Gasteiger partial charge >= 0.3 is 0 Å². The molecule has 0 spiro atoms. The summed E-state index contributed by atoms with van der Waals surface area (Å²) in [5.41, 5.74) is 3.07. The molecule has 1 aliphatic carbocycles. The molecular weight excluding hydrogens is 284 g/mol. The molecule has 0 unspecified atom stereocenters. The Labute approximate surface area is 128 Å². The van der Waals surface area contributed by atoms with Crippen LogP contribution in [0.15, 0.2) is 48.5 Å². The molecule has 2 aromatic carbocycles. The number of rotatable bonds is 2. The molecule has 0 saturated heterocycles. The molecule has 1 saturated carbocycles. The Morgan fingerprint density at radius 3 is 2.19 bits per heavy atom. The van der Waals surface area contributed by atoms with Gasteiger partial charge in [-0.1, -0.05) is 48.0 Å². The number of carbonyl (C=O) groups is 2. The molecule has 106 valence electrons. The lowest BCUT2D eigenvalue weighted by atomic mass is 9.82. The summed E-state index contributed by atoms with van der Waals surface area (Å²) in [6.45, 7) is 0. The highest BCUT2D eigenvalue weighted by molar-refractivity contribution is 6.31. The fourth-order valence-electron chi connectivity index (χ4n) is 2.87. The van der Waals surface area contributed by atoms with Gasteiger partial charge in [-0.2, -0.15) is 0 Å². The topological polar surface area (TPSA) is 34.1 Å². The van der Waals surface area contributed by atoms with Crippen LogP contribution >= 0.6 is 11.6 Å². The van der Waals surface area contributed by atoms with Crippen molar-refractivity contribution in [3.63, 3.8) is 0 Å². The number of carbonyl (C=O) groups excluding carboxylic acids is 2. The van der Waals surface area contributed by atoms with Crippen LogP contribution in [-0.2, 0) is 9.59 Å². The van der Waals surface area contributed by atoms with Gasteiger partial charge in [0.1, 0.15) is 11.6 Å². The largest absolute Gasteiger partial charge is 0.299 e. The van der Waals surface area contributed by atoms with Crippen molar-refractivity contribution in [3.05, 3.63) is 59.1 Å². The maximum absolute atomic E-state index is 11.6. The van der Waals surface area contributed by atoms with Crippen molar-refractivity contribution in [1.82, 2.24) is 0 Å². The lowest BCUT2D eigenvalue weighted by Gasteiger charge is -2.21. The minimum absolute atomic E-state index is 0.0255. The Hall–Kier alpha value is -1.93. The van der Waals surface area contributed by atoms with E-state index in [0.29, 0.717) is 17.9 Å². The summed E-state index contributed by atoms with van der Waals surface area (Å²) in [5.74, 6) is 0.00915. The predicted molar refractivity (Wildman–Crippen MR) is 83.5 cm³/mol. The van der Waals surface area contributed by atoms with Gasteiger partial charge in [0.2, 0.25) is 0 Å². The van der Waals surface area contributed by atoms with Crippen molar-refractivity contribution in [1.29, 1.82) is 0 Å². The van der Waals surface area contributed by atoms with Crippen LogP contribution in [0.3, 0.4) is 0 Å². The summed E-state index contributed by atoms with van der Waals surface area (Å²) in [5, 5.41) is 0.636. The summed E-state index contributed by atoms with van der Waals surface area (Å²) in [7, 11) is 0. The van der Waals surface area contributed by atoms with E-state index in [9.17, 15) is 9.59 Å². The fourth-order valence-corrected chi connectivity index (χ4v) is 3.11. The molecule has 2 nitrogen and oxygen atoms in total. The maximum Gasteiger partial charge on any atom is 0.140 e. The van der Waals surface area contributed by atoms with Gasteiger partial charge in [0.05, 0.1) is 6.42 Å². The van der Waals surface area contributed by atoms with Crippen molar-refractivity contribution in [2.75, 3.05) is 0 Å². The first-order valence-corrected chi connectivity index (χ1v) is 7.39. The number of ketones is 2. The minimum Gasteiger partial charge on any atom is -0.299 e. The SMILES string of the molecule is O=C1CC(=O)CC(c2cc(Cl)cc(-c3ccccc3)c2)C1. The molecule has 0 amide bonds. The van der Waals surface area contributed by atoms with Gasteiger partial charge in [0.25, 0.3) is 0 Å². The Bertz CT molecular complexity index is 676. The number of hydrogen-bond acceptors (Lipinski definition) is 2. The Morgan fingerprint density at radius 2 is 1.52 bits per heavy atom. The zero-order valence-corrected chi connectivity index (χ0v) is 12.3. The lowest BCUT2D eigenvalue weighted by molar-refractivity contribution is -0.130. The van der Waals surface area contributed by atoms with Gasteiger partial charge in [0, 0.05) is 17.9 Å². The van der Waals surface area contributed by atoms with E-state index >= 15 is 0 Å². The minimum atomic E-state index is -0.0417. The van der Waals surface area contributed by atoms with E-state index in [4.69, 9.17) is 11.6 Å². The molecule has 2 aromatic rings. The van der Waals surface area contributed by atoms with E-state index < -0.39 is 0 Å². The first-order valence-electron chi connectivity index (χ1n) is 7.01. The second-order valence-electron chi connectivity index (χ2n) is 5.50. The molecule has 3 heteroatoms. The first-order chi connectivity index (χ1) is 10.1. The summed E-state index contributed by atoms with van der Waals surface area (Å²) in [6.07, 6.45) is 0.948. The highest BCUT2D eigenvalue weighted by atomic mass is 35.5. The van der Waals surface area contributed by atoms with Crippen LogP contribution in [0.4, 0.5) is 0 Å². The average Bonchev–Trinajstić information content (AvgIpc) is 2.46. The van der Waals surface area contributed by atoms with Crippen molar-refractivity contribution in [2.24, 2.45) is 0 Å². The molecule has 1 aliphatic rings. The third-order valence-corrected chi connectivity index (χ3v) is 4.06. The molecule has 0 N–H and O–H groups in total. The van der Waals surface area contributed by atoms with Crippen LogP contribution in [0.5, 0.6) is 0 Å². The van der Waals surface area contributed by atoms with Crippen LogP contribution < -0.4 is 0 Å². The molecule has 0 radical (unpaired) electrons. The van der Waals surface area contributed by atoms with E-state index in [1.807, 2.05) is 48.5 Å². The van der Waals surface area contributed by atoms with Gasteiger partial charge in [-0.25, -0.2) is 0 Å². The monoisotopic (exact) mass is 298 g/mol. The zero-order valence-electron chi connectivity index (χ0n) is 11.5. The second kappa shape index (κ2) is 5.82. The summed E-state index contributed by atoms with van der Waals surface area (Å²) >= 11 is 6.22. The van der Waals surface area contributed by atoms with Gasteiger partial charge in [-0.15, -0.1) is 0 Å². The second-order valence-corrected chi connectivity index (χ2v) is 5.93. The molecule has 0 atom stereocenters. The van der Waals surface area contributed by atoms with Crippen LogP contribution in [-0.4, -0.2) is 11.6 Å². The fraction of sp³-hybridized carbons (Fsp3) is 0.222. The molecular formula is C18H15ClO2. The van der Waals surface area contributed by atoms with Crippen LogP contribution in [0.2, 0.25) is 5.02 Å². The molecule has 0 bridgehead atoms. The molecule has 3 rings (SSSR count). The van der Waals surface area contributed by atoms with Crippen molar-refractivity contribution >= 4 is 23.2 Å². The highest BCUT2D eigenvalue weighted by Gasteiger charge is 2.27. The van der Waals surface area contributed by atoms with E-state index in [-0.39, 0.29) is 23.9 Å². The predicted octanol–water partition coefficient (Wildman–Crippen LogP) is 4.41. The number of Topliss-reactive ketones (excluding diaryl/α,β-unsaturated/α-hetero) is 2. The Kier molecular flexibility index (Phi) is 3.89. The number of benzene rings is 2. The van der Waals surface area contributed by atoms with Crippen LogP contribution in [0.25, 0.3) is 11.1 Å². The standard InChI is InChI=1S/C18H15ClO2/c19-16-7-13(12-4-2-1-3-5-12)6-14(8-16)15-9-17(20)11-18(21)10-15/h1-8,15H,9-11H2. The van der Waals surface area contributed by atoms with Gasteiger partial charge in [-0.3, -0.25) is 9.59 Å². The van der Waals surface area contributed by atoms with Gasteiger partial charge in [0.15, 0.2) is 0 Å². The quantitative estimate of drug-likeness (QED) is 0.769. The zero-order chi connectivity index (χ0) is 14.8. The van der Waals surface area contributed by atoms with Crippen molar-refractivity contribution in [2.45, 2.75) is 25.2 Å². The summed E-state index contributed by atoms with van der Waals surface area (Å²) < 4.78 is 0. The molecule has 0 heterocycles. The number of halogens is 1. The molecule has 0 aromatic heterocycles. The third kappa shape index (κ3) is 3.22. The van der Waals surface area contributed by atoms with Crippen molar-refractivity contribution in [3.8, 4) is 11.1 Å². The first kappa shape index (κ1) is 14.0. The van der Waals surface area contributed by atoms with E-state index in [2.05, 4.69) is 0 Å². The third-order valence-electron chi connectivity index (χ3n) is 3.84. The smallest absolute Gasteiger partial charge is 0.140 e. The number of hydrogen-bond donors (Lipinski definition) is 0. The average molecular weight is 299 g/mol. The Morgan fingerprint density at radius 1 is 0.857 bits per heavy atom. The normalized spacial score (nSPS) is 16.2. The lowest BCUT2D eigenvalue weighted by Crippen LogP contribution is -2.21. The van der Waals surface area contributed by atoms with E-state index in [0.717, 1.165) is 16.7 Å². The van der Waals surface area contributed by atoms with Crippen LogP contribution in [0, 0.1) is 0 Å². The van der Waals surface area contributed by atoms with Gasteiger partial charge < -0.3 is 0 Å². The molecule has 21 heavy (non-hydrogen) atoms.